The van der Waals surface area contributed by atoms with E-state index in [0.29, 0.717) is 17.6 Å². The SMILES string of the molecule is Nc1nc(N)nc(C2CCC(c3nc(N)nc(Nc4ccc(O)cc4)n3)CC2)n1. The number of rotatable bonds is 4. The molecule has 3 aromatic rings. The summed E-state index contributed by atoms with van der Waals surface area (Å²) in [5.41, 5.74) is 18.0. The maximum absolute atomic E-state index is 9.40. The Kier molecular flexibility index (Phi) is 4.94. The van der Waals surface area contributed by atoms with Crippen molar-refractivity contribution in [3.8, 4) is 5.75 Å². The zero-order valence-corrected chi connectivity index (χ0v) is 15.7. The fourth-order valence-electron chi connectivity index (χ4n) is 3.54. The molecule has 29 heavy (non-hydrogen) atoms. The van der Waals surface area contributed by atoms with E-state index in [-0.39, 0.29) is 35.4 Å². The molecule has 0 spiro atoms. The van der Waals surface area contributed by atoms with Gasteiger partial charge in [0.15, 0.2) is 0 Å². The second kappa shape index (κ2) is 7.70. The molecular formula is C18H22N10O. The van der Waals surface area contributed by atoms with Gasteiger partial charge in [0.05, 0.1) is 0 Å². The summed E-state index contributed by atoms with van der Waals surface area (Å²) in [6, 6.07) is 6.62. The van der Waals surface area contributed by atoms with Gasteiger partial charge >= 0.3 is 0 Å². The second-order valence-corrected chi connectivity index (χ2v) is 7.01. The lowest BCUT2D eigenvalue weighted by atomic mass is 9.81. The average Bonchev–Trinajstić information content (AvgIpc) is 2.69. The predicted octanol–water partition coefficient (Wildman–Crippen LogP) is 1.69. The number of aromatic hydroxyl groups is 1. The van der Waals surface area contributed by atoms with Gasteiger partial charge in [0, 0.05) is 17.5 Å². The summed E-state index contributed by atoms with van der Waals surface area (Å²) in [4.78, 5) is 25.3. The molecule has 11 nitrogen and oxygen atoms in total. The minimum Gasteiger partial charge on any atom is -0.508 e. The quantitative estimate of drug-likeness (QED) is 0.405. The molecule has 1 aromatic carbocycles. The monoisotopic (exact) mass is 394 g/mol. The predicted molar refractivity (Wildman–Crippen MR) is 108 cm³/mol. The topological polar surface area (TPSA) is 188 Å². The molecule has 4 rings (SSSR count). The minimum absolute atomic E-state index is 0.143. The van der Waals surface area contributed by atoms with Gasteiger partial charge in [-0.1, -0.05) is 0 Å². The number of phenolic OH excluding ortho intramolecular Hbond substituents is 1. The van der Waals surface area contributed by atoms with Crippen molar-refractivity contribution in [2.45, 2.75) is 37.5 Å². The first-order valence-electron chi connectivity index (χ1n) is 9.30. The van der Waals surface area contributed by atoms with Crippen molar-refractivity contribution >= 4 is 29.5 Å². The molecule has 0 radical (unpaired) electrons. The number of nitrogens with one attached hydrogen (secondary N) is 1. The average molecular weight is 394 g/mol. The lowest BCUT2D eigenvalue weighted by Gasteiger charge is -2.26. The van der Waals surface area contributed by atoms with Crippen molar-refractivity contribution in [2.75, 3.05) is 22.5 Å². The second-order valence-electron chi connectivity index (χ2n) is 7.01. The standard InChI is InChI=1S/C18H22N10O/c19-15-23-13(24-16(20)27-15)9-1-3-10(4-2-9)14-25-17(21)28-18(26-14)22-11-5-7-12(29)8-6-11/h5-10,29H,1-4H2,(H4,19,20,23,24,27)(H3,21,22,25,26,28). The van der Waals surface area contributed by atoms with Crippen LogP contribution in [-0.2, 0) is 0 Å². The molecule has 0 bridgehead atoms. The van der Waals surface area contributed by atoms with Crippen LogP contribution in [0.2, 0.25) is 0 Å². The van der Waals surface area contributed by atoms with E-state index in [4.69, 9.17) is 17.2 Å². The lowest BCUT2D eigenvalue weighted by molar-refractivity contribution is 0.375. The van der Waals surface area contributed by atoms with Gasteiger partial charge in [-0.15, -0.1) is 0 Å². The minimum atomic E-state index is 0.143. The molecule has 1 saturated carbocycles. The van der Waals surface area contributed by atoms with Crippen LogP contribution in [0.3, 0.4) is 0 Å². The summed E-state index contributed by atoms with van der Waals surface area (Å²) >= 11 is 0. The number of nitrogen functional groups attached to an aromatic ring is 3. The van der Waals surface area contributed by atoms with E-state index in [0.717, 1.165) is 31.4 Å². The van der Waals surface area contributed by atoms with Crippen LogP contribution < -0.4 is 22.5 Å². The molecule has 0 aliphatic heterocycles. The first-order valence-corrected chi connectivity index (χ1v) is 9.30. The van der Waals surface area contributed by atoms with Crippen molar-refractivity contribution in [3.05, 3.63) is 35.9 Å². The number of anilines is 5. The summed E-state index contributed by atoms with van der Waals surface area (Å²) in [5, 5.41) is 12.5. The van der Waals surface area contributed by atoms with Gasteiger partial charge in [-0.25, -0.2) is 0 Å². The van der Waals surface area contributed by atoms with Crippen molar-refractivity contribution in [3.63, 3.8) is 0 Å². The molecule has 0 unspecified atom stereocenters. The Balaban J connectivity index is 1.46. The number of nitrogens with two attached hydrogens (primary N) is 3. The third-order valence-electron chi connectivity index (χ3n) is 4.94. The molecule has 150 valence electrons. The molecule has 0 atom stereocenters. The molecule has 1 aliphatic carbocycles. The van der Waals surface area contributed by atoms with Gasteiger partial charge in [-0.2, -0.15) is 29.9 Å². The Labute approximate surface area is 166 Å². The third kappa shape index (κ3) is 4.39. The molecule has 0 amide bonds. The van der Waals surface area contributed by atoms with E-state index in [9.17, 15) is 5.11 Å². The van der Waals surface area contributed by atoms with Crippen molar-refractivity contribution in [2.24, 2.45) is 0 Å². The third-order valence-corrected chi connectivity index (χ3v) is 4.94. The van der Waals surface area contributed by atoms with Gasteiger partial charge in [-0.05, 0) is 49.9 Å². The summed E-state index contributed by atoms with van der Waals surface area (Å²) in [6.45, 7) is 0. The van der Waals surface area contributed by atoms with Gasteiger partial charge in [0.25, 0.3) is 0 Å². The van der Waals surface area contributed by atoms with Gasteiger partial charge in [-0.3, -0.25) is 0 Å². The molecule has 1 aliphatic rings. The highest BCUT2D eigenvalue weighted by atomic mass is 16.3. The van der Waals surface area contributed by atoms with Crippen molar-refractivity contribution in [1.82, 2.24) is 29.9 Å². The fourth-order valence-corrected chi connectivity index (χ4v) is 3.54. The highest BCUT2D eigenvalue weighted by Crippen LogP contribution is 2.38. The summed E-state index contributed by atoms with van der Waals surface area (Å²) in [7, 11) is 0. The first-order chi connectivity index (χ1) is 14.0. The number of hydrogen-bond donors (Lipinski definition) is 5. The van der Waals surface area contributed by atoms with E-state index in [1.807, 2.05) is 0 Å². The Morgan fingerprint density at radius 2 is 1.17 bits per heavy atom. The van der Waals surface area contributed by atoms with Crippen molar-refractivity contribution in [1.29, 1.82) is 0 Å². The fraction of sp³-hybridized carbons (Fsp3) is 0.333. The van der Waals surface area contributed by atoms with E-state index in [2.05, 4.69) is 35.2 Å². The van der Waals surface area contributed by atoms with Gasteiger partial charge in [0.1, 0.15) is 17.4 Å². The van der Waals surface area contributed by atoms with Crippen LogP contribution >= 0.6 is 0 Å². The Morgan fingerprint density at radius 3 is 1.72 bits per heavy atom. The highest BCUT2D eigenvalue weighted by molar-refractivity contribution is 5.55. The number of nitrogens with zero attached hydrogens (tertiary/aromatic N) is 6. The summed E-state index contributed by atoms with van der Waals surface area (Å²) < 4.78 is 0. The summed E-state index contributed by atoms with van der Waals surface area (Å²) in [6.07, 6.45) is 3.44. The Morgan fingerprint density at radius 1 is 0.690 bits per heavy atom. The van der Waals surface area contributed by atoms with E-state index < -0.39 is 0 Å². The molecule has 0 saturated heterocycles. The van der Waals surface area contributed by atoms with Gasteiger partial charge < -0.3 is 27.6 Å². The molecule has 11 heteroatoms. The maximum atomic E-state index is 9.40. The Bertz CT molecular complexity index is 982. The number of phenols is 1. The van der Waals surface area contributed by atoms with E-state index in [1.54, 1.807) is 24.3 Å². The van der Waals surface area contributed by atoms with Crippen LogP contribution in [0.4, 0.5) is 29.5 Å². The zero-order valence-electron chi connectivity index (χ0n) is 15.7. The Hall–Kier alpha value is -3.76. The first kappa shape index (κ1) is 18.6. The van der Waals surface area contributed by atoms with Crippen LogP contribution in [0.15, 0.2) is 24.3 Å². The summed E-state index contributed by atoms with van der Waals surface area (Å²) in [5.74, 6) is 2.64. The highest BCUT2D eigenvalue weighted by Gasteiger charge is 2.28. The van der Waals surface area contributed by atoms with Crippen LogP contribution in [0.5, 0.6) is 5.75 Å². The van der Waals surface area contributed by atoms with Gasteiger partial charge in [0.2, 0.25) is 23.8 Å². The van der Waals surface area contributed by atoms with E-state index in [1.165, 1.54) is 0 Å². The normalized spacial score (nSPS) is 19.0. The number of benzene rings is 1. The maximum Gasteiger partial charge on any atom is 0.232 e. The van der Waals surface area contributed by atoms with Crippen molar-refractivity contribution < 1.29 is 5.11 Å². The molecule has 2 heterocycles. The molecular weight excluding hydrogens is 372 g/mol. The van der Waals surface area contributed by atoms with Crippen LogP contribution in [0.1, 0.15) is 49.2 Å². The van der Waals surface area contributed by atoms with E-state index >= 15 is 0 Å². The zero-order chi connectivity index (χ0) is 20.4. The molecule has 2 aromatic heterocycles. The number of hydrogen-bond acceptors (Lipinski definition) is 11. The van der Waals surface area contributed by atoms with Crippen LogP contribution in [0, 0.1) is 0 Å². The van der Waals surface area contributed by atoms with Crippen LogP contribution in [0.25, 0.3) is 0 Å². The largest absolute Gasteiger partial charge is 0.508 e. The lowest BCUT2D eigenvalue weighted by Crippen LogP contribution is -2.18. The number of aromatic nitrogens is 6. The smallest absolute Gasteiger partial charge is 0.232 e. The molecule has 8 N–H and O–H groups in total. The molecule has 1 fully saturated rings. The van der Waals surface area contributed by atoms with Crippen LogP contribution in [-0.4, -0.2) is 35.0 Å².